The predicted octanol–water partition coefficient (Wildman–Crippen LogP) is 9.12. The van der Waals surface area contributed by atoms with E-state index in [1.165, 1.54) is 0 Å². The molecule has 0 aromatic heterocycles. The highest BCUT2D eigenvalue weighted by Gasteiger charge is 2.51. The van der Waals surface area contributed by atoms with E-state index in [4.69, 9.17) is 14.7 Å². The fourth-order valence-electron chi connectivity index (χ4n) is 8.57. The number of nitrogens with zero attached hydrogens (tertiary/aromatic N) is 4. The average molecular weight is 664 g/mol. The topological polar surface area (TPSA) is 94.6 Å². The van der Waals surface area contributed by atoms with Gasteiger partial charge in [-0.05, 0) is 39.3 Å². The number of fused-ring (bicyclic) bond motifs is 6. The van der Waals surface area contributed by atoms with Gasteiger partial charge in [0.25, 0.3) is 6.47 Å². The van der Waals surface area contributed by atoms with Gasteiger partial charge < -0.3 is 14.7 Å². The summed E-state index contributed by atoms with van der Waals surface area (Å²) in [6, 6.07) is 3.91. The zero-order valence-corrected chi connectivity index (χ0v) is 31.0. The number of carboxylic acids is 1. The molecule has 0 bridgehead atoms. The summed E-state index contributed by atoms with van der Waals surface area (Å²) < 4.78 is 8.03. The van der Waals surface area contributed by atoms with Crippen molar-refractivity contribution in [3.05, 3.63) is 63.9 Å². The van der Waals surface area contributed by atoms with Crippen LogP contribution >= 0.6 is 0 Å². The van der Waals surface area contributed by atoms with Crippen molar-refractivity contribution in [2.24, 2.45) is 9.98 Å². The van der Waals surface area contributed by atoms with Gasteiger partial charge in [0.1, 0.15) is 12.3 Å². The zero-order chi connectivity index (χ0) is 35.8. The first-order valence-corrected chi connectivity index (χ1v) is 17.7. The number of hydrogen-bond donors (Lipinski definition) is 1. The van der Waals surface area contributed by atoms with E-state index in [2.05, 4.69) is 90.0 Å². The highest BCUT2D eigenvalue weighted by molar-refractivity contribution is 6.08. The average Bonchev–Trinajstić information content (AvgIpc) is 3.61. The van der Waals surface area contributed by atoms with Crippen LogP contribution < -0.4 is 9.64 Å². The van der Waals surface area contributed by atoms with Gasteiger partial charge in [-0.2, -0.15) is 4.58 Å². The minimum atomic E-state index is -0.924. The molecule has 6 rings (SSSR count). The van der Waals surface area contributed by atoms with Gasteiger partial charge >= 0.3 is 5.97 Å². The zero-order valence-electron chi connectivity index (χ0n) is 31.0. The Hall–Kier alpha value is -4.33. The Morgan fingerprint density at radius 2 is 1.65 bits per heavy atom. The SMILES string of the molecule is CCCC[N+]1=C(/C=C/C=C2/N(CCC)c3cc(C(=O)O)c4c(c3C2(C)C)N=CC4(C)C)C(C)(C)c2c1cc(OC=O)c1c2N=C(C)C1(C)C. The van der Waals surface area contributed by atoms with Crippen LogP contribution in [0.1, 0.15) is 128 Å². The molecule has 8 heteroatoms. The van der Waals surface area contributed by atoms with Crippen LogP contribution in [0, 0.1) is 0 Å². The van der Waals surface area contributed by atoms with Crippen molar-refractivity contribution in [1.29, 1.82) is 0 Å². The fraction of sp³-hybridized carbons (Fsp3) is 0.488. The van der Waals surface area contributed by atoms with Gasteiger partial charge in [0.15, 0.2) is 5.71 Å². The van der Waals surface area contributed by atoms with Gasteiger partial charge in [-0.1, -0.05) is 67.9 Å². The second kappa shape index (κ2) is 11.6. The van der Waals surface area contributed by atoms with E-state index in [1.54, 1.807) is 0 Å². The Balaban J connectivity index is 1.51. The molecule has 4 heterocycles. The second-order valence-electron chi connectivity index (χ2n) is 16.1. The van der Waals surface area contributed by atoms with Crippen LogP contribution in [-0.2, 0) is 26.5 Å². The van der Waals surface area contributed by atoms with Gasteiger partial charge in [0.2, 0.25) is 5.69 Å². The Morgan fingerprint density at radius 1 is 0.939 bits per heavy atom. The summed E-state index contributed by atoms with van der Waals surface area (Å²) in [5.74, 6) is -0.356. The summed E-state index contributed by atoms with van der Waals surface area (Å²) in [5.41, 5.74) is 9.67. The van der Waals surface area contributed by atoms with Crippen molar-refractivity contribution in [3.8, 4) is 5.75 Å². The molecule has 4 aliphatic heterocycles. The largest absolute Gasteiger partial charge is 0.478 e. The van der Waals surface area contributed by atoms with Crippen LogP contribution in [0.3, 0.4) is 0 Å². The molecule has 2 aromatic rings. The molecule has 0 unspecified atom stereocenters. The number of carbonyl (C=O) groups excluding carboxylic acids is 1. The van der Waals surface area contributed by atoms with Crippen LogP contribution in [0.5, 0.6) is 5.75 Å². The maximum Gasteiger partial charge on any atom is 0.336 e. The lowest BCUT2D eigenvalue weighted by atomic mass is 9.75. The van der Waals surface area contributed by atoms with E-state index >= 15 is 0 Å². The van der Waals surface area contributed by atoms with E-state index < -0.39 is 16.8 Å². The summed E-state index contributed by atoms with van der Waals surface area (Å²) in [6.07, 6.45) is 11.4. The maximum atomic E-state index is 12.6. The summed E-state index contributed by atoms with van der Waals surface area (Å²) in [7, 11) is 0. The van der Waals surface area contributed by atoms with Crippen molar-refractivity contribution in [2.45, 2.75) is 117 Å². The number of hydrogen-bond acceptors (Lipinski definition) is 6. The van der Waals surface area contributed by atoms with Crippen molar-refractivity contribution in [1.82, 2.24) is 0 Å². The van der Waals surface area contributed by atoms with E-state index in [9.17, 15) is 14.7 Å². The first-order valence-electron chi connectivity index (χ1n) is 17.7. The summed E-state index contributed by atoms with van der Waals surface area (Å²) >= 11 is 0. The first-order chi connectivity index (χ1) is 23.0. The summed E-state index contributed by atoms with van der Waals surface area (Å²) in [5, 5.41) is 10.3. The minimum absolute atomic E-state index is 0.323. The fourth-order valence-corrected chi connectivity index (χ4v) is 8.57. The quantitative estimate of drug-likeness (QED) is 0.202. The number of unbranched alkanes of at least 4 members (excludes halogenated alkanes) is 1. The molecule has 2 aromatic carbocycles. The number of benzene rings is 2. The summed E-state index contributed by atoms with van der Waals surface area (Å²) in [6.45, 7) is 25.8. The van der Waals surface area contributed by atoms with Crippen LogP contribution in [-0.4, -0.2) is 52.9 Å². The van der Waals surface area contributed by atoms with Gasteiger partial charge in [-0.15, -0.1) is 0 Å². The van der Waals surface area contributed by atoms with Gasteiger partial charge in [-0.25, -0.2) is 4.79 Å². The van der Waals surface area contributed by atoms with Crippen molar-refractivity contribution >= 4 is 52.8 Å². The molecule has 0 fully saturated rings. The number of anilines is 1. The second-order valence-corrected chi connectivity index (χ2v) is 16.1. The van der Waals surface area contributed by atoms with E-state index in [0.717, 1.165) is 94.5 Å². The highest BCUT2D eigenvalue weighted by Crippen LogP contribution is 2.58. The van der Waals surface area contributed by atoms with Crippen LogP contribution in [0.2, 0.25) is 0 Å². The highest BCUT2D eigenvalue weighted by atomic mass is 16.5. The number of rotatable bonds is 10. The van der Waals surface area contributed by atoms with Crippen molar-refractivity contribution in [3.63, 3.8) is 0 Å². The lowest BCUT2D eigenvalue weighted by Gasteiger charge is -2.26. The van der Waals surface area contributed by atoms with E-state index in [0.29, 0.717) is 17.8 Å². The number of allylic oxidation sites excluding steroid dienone is 4. The third-order valence-corrected chi connectivity index (χ3v) is 11.3. The Kier molecular flexibility index (Phi) is 8.20. The molecule has 0 aliphatic carbocycles. The van der Waals surface area contributed by atoms with Gasteiger partial charge in [-0.3, -0.25) is 14.8 Å². The third-order valence-electron chi connectivity index (χ3n) is 11.3. The van der Waals surface area contributed by atoms with Gasteiger partial charge in [0, 0.05) is 75.3 Å². The molecule has 0 amide bonds. The monoisotopic (exact) mass is 663 g/mol. The molecule has 0 spiro atoms. The lowest BCUT2D eigenvalue weighted by Crippen LogP contribution is -2.28. The van der Waals surface area contributed by atoms with Crippen molar-refractivity contribution < 1.29 is 24.0 Å². The number of carbonyl (C=O) groups is 2. The number of carboxylic acid groups (broad SMARTS) is 1. The Morgan fingerprint density at radius 3 is 2.29 bits per heavy atom. The molecular weight excluding hydrogens is 612 g/mol. The Bertz CT molecular complexity index is 1950. The Labute approximate surface area is 291 Å². The summed E-state index contributed by atoms with van der Waals surface area (Å²) in [4.78, 5) is 36.5. The standard InChI is InChI=1S/C41H50N4O4/c1-12-14-19-45-27-21-28(49-23-46)34-36(43-24(3)39(34,6)7)33(27)41(10,11)30(45)17-15-16-29-40(8,9)32-26(44(29)18-13-2)20-25(37(47)48)31-35(32)42-22-38(31,4)5/h15-17,20-23H,12-14,18-19H2,1-11H3/p+1. The number of aromatic carboxylic acids is 1. The van der Waals surface area contributed by atoms with Crippen molar-refractivity contribution in [2.75, 3.05) is 18.0 Å². The molecule has 0 saturated carbocycles. The molecule has 1 N–H and O–H groups in total. The normalized spacial score (nSPS) is 20.9. The van der Waals surface area contributed by atoms with E-state index in [-0.39, 0.29) is 10.8 Å². The predicted molar refractivity (Wildman–Crippen MR) is 199 cm³/mol. The molecule has 0 atom stereocenters. The first kappa shape index (κ1) is 34.5. The third kappa shape index (κ3) is 4.96. The molecule has 49 heavy (non-hydrogen) atoms. The maximum absolute atomic E-state index is 12.6. The smallest absolute Gasteiger partial charge is 0.336 e. The molecule has 0 saturated heterocycles. The molecule has 0 radical (unpaired) electrons. The minimum Gasteiger partial charge on any atom is -0.478 e. The van der Waals surface area contributed by atoms with Crippen LogP contribution in [0.4, 0.5) is 22.7 Å². The number of aliphatic imine (C=N–C) groups is 2. The van der Waals surface area contributed by atoms with E-state index in [1.807, 2.05) is 32.2 Å². The van der Waals surface area contributed by atoms with Crippen LogP contribution in [0.15, 0.2) is 46.0 Å². The van der Waals surface area contributed by atoms with Gasteiger partial charge in [0.05, 0.1) is 34.0 Å². The van der Waals surface area contributed by atoms with Crippen LogP contribution in [0.25, 0.3) is 0 Å². The molecular formula is C41H51N4O4+. The molecule has 8 nitrogen and oxygen atoms in total. The molecule has 258 valence electrons. The lowest BCUT2D eigenvalue weighted by molar-refractivity contribution is -0.438. The number of ether oxygens (including phenoxy) is 1. The molecule has 4 aliphatic rings.